The molecule has 2 saturated heterocycles. The average molecular weight is 210 g/mol. The molecule has 84 valence electrons. The molecule has 0 spiro atoms. The fourth-order valence-electron chi connectivity index (χ4n) is 1.58. The molecule has 4 heteroatoms. The Labute approximate surface area is 91.9 Å². The van der Waals surface area contributed by atoms with Crippen molar-refractivity contribution in [2.45, 2.75) is 38.9 Å². The summed E-state index contributed by atoms with van der Waals surface area (Å²) in [6.07, 6.45) is 2.13. The highest BCUT2D eigenvalue weighted by Crippen LogP contribution is 2.37. The summed E-state index contributed by atoms with van der Waals surface area (Å²) >= 11 is 0. The molecule has 0 unspecified atom stereocenters. The summed E-state index contributed by atoms with van der Waals surface area (Å²) in [4.78, 5) is 0. The maximum absolute atomic E-state index is 5.83. The average Bonchev–Trinajstić information content (AvgIpc) is 2.17. The highest BCUT2D eigenvalue weighted by Gasteiger charge is 2.50. The molecule has 0 aromatic rings. The first-order valence-corrected chi connectivity index (χ1v) is 5.52. The maximum atomic E-state index is 5.83. The zero-order valence-electron chi connectivity index (χ0n) is 9.95. The molecule has 0 aromatic carbocycles. The molecular weight excluding hydrogens is 191 g/mol. The van der Waals surface area contributed by atoms with E-state index < -0.39 is 0 Å². The molecule has 2 heterocycles. The minimum Gasteiger partial charge on any atom is -0.400 e. The van der Waals surface area contributed by atoms with Gasteiger partial charge in [0.2, 0.25) is 0 Å². The predicted molar refractivity (Wildman–Crippen MR) is 59.5 cm³/mol. The van der Waals surface area contributed by atoms with Gasteiger partial charge in [-0.1, -0.05) is 12.1 Å². The third-order valence-corrected chi connectivity index (χ3v) is 3.48. The van der Waals surface area contributed by atoms with Crippen LogP contribution in [-0.4, -0.2) is 31.5 Å². The Balaban J connectivity index is 1.93. The third-order valence-electron chi connectivity index (χ3n) is 3.48. The van der Waals surface area contributed by atoms with Crippen molar-refractivity contribution in [2.75, 3.05) is 13.2 Å². The standard InChI is InChI=1S/C11H19BO3/c1-10(2)11(3,4)15-12(14-10)6-5-9-7-13-8-9/h5-6,9H,7-8H2,1-4H3/b6-5+. The smallest absolute Gasteiger partial charge is 0.400 e. The highest BCUT2D eigenvalue weighted by molar-refractivity contribution is 6.51. The summed E-state index contributed by atoms with van der Waals surface area (Å²) in [7, 11) is -0.212. The second-order valence-electron chi connectivity index (χ2n) is 5.31. The number of hydrogen-bond acceptors (Lipinski definition) is 3. The molecular formula is C11H19BO3. The Bertz CT molecular complexity index is 253. The summed E-state index contributed by atoms with van der Waals surface area (Å²) in [6, 6.07) is 0. The highest BCUT2D eigenvalue weighted by atomic mass is 16.7. The van der Waals surface area contributed by atoms with Gasteiger partial charge in [-0.05, 0) is 27.7 Å². The molecule has 0 saturated carbocycles. The molecule has 0 bridgehead atoms. The lowest BCUT2D eigenvalue weighted by molar-refractivity contribution is -0.00766. The first-order valence-electron chi connectivity index (χ1n) is 5.52. The van der Waals surface area contributed by atoms with Crippen LogP contribution in [0.4, 0.5) is 0 Å². The van der Waals surface area contributed by atoms with Crippen LogP contribution in [0.5, 0.6) is 0 Å². The summed E-state index contributed by atoms with van der Waals surface area (Å²) in [5.74, 6) is 2.55. The minimum atomic E-state index is -0.238. The van der Waals surface area contributed by atoms with E-state index in [0.29, 0.717) is 5.92 Å². The van der Waals surface area contributed by atoms with Crippen LogP contribution in [0.3, 0.4) is 0 Å². The van der Waals surface area contributed by atoms with Crippen LogP contribution >= 0.6 is 0 Å². The van der Waals surface area contributed by atoms with Crippen molar-refractivity contribution in [3.8, 4) is 0 Å². The van der Waals surface area contributed by atoms with Crippen molar-refractivity contribution in [1.29, 1.82) is 0 Å². The van der Waals surface area contributed by atoms with Crippen LogP contribution in [0.15, 0.2) is 12.1 Å². The van der Waals surface area contributed by atoms with E-state index in [1.165, 1.54) is 0 Å². The number of hydrogen-bond donors (Lipinski definition) is 0. The molecule has 2 fully saturated rings. The van der Waals surface area contributed by atoms with E-state index >= 15 is 0 Å². The quantitative estimate of drug-likeness (QED) is 0.650. The molecule has 0 amide bonds. The van der Waals surface area contributed by atoms with Gasteiger partial charge >= 0.3 is 7.12 Å². The number of ether oxygens (including phenoxy) is 1. The van der Waals surface area contributed by atoms with E-state index in [2.05, 4.69) is 33.8 Å². The van der Waals surface area contributed by atoms with Crippen molar-refractivity contribution in [3.63, 3.8) is 0 Å². The third kappa shape index (κ3) is 2.12. The van der Waals surface area contributed by atoms with Gasteiger partial charge in [0.15, 0.2) is 0 Å². The first kappa shape index (κ1) is 11.2. The fraction of sp³-hybridized carbons (Fsp3) is 0.818. The molecule has 2 rings (SSSR count). The monoisotopic (exact) mass is 210 g/mol. The van der Waals surface area contributed by atoms with Gasteiger partial charge in [-0.3, -0.25) is 0 Å². The number of rotatable bonds is 2. The van der Waals surface area contributed by atoms with Crippen LogP contribution in [0.25, 0.3) is 0 Å². The van der Waals surface area contributed by atoms with E-state index in [4.69, 9.17) is 14.0 Å². The molecule has 0 atom stereocenters. The topological polar surface area (TPSA) is 27.7 Å². The van der Waals surface area contributed by atoms with Gasteiger partial charge in [0.1, 0.15) is 0 Å². The second kappa shape index (κ2) is 3.61. The van der Waals surface area contributed by atoms with Crippen LogP contribution < -0.4 is 0 Å². The Hall–Kier alpha value is -0.315. The van der Waals surface area contributed by atoms with E-state index in [-0.39, 0.29) is 18.3 Å². The van der Waals surface area contributed by atoms with E-state index in [0.717, 1.165) is 13.2 Å². The molecule has 3 nitrogen and oxygen atoms in total. The Kier molecular flexibility index (Phi) is 2.69. The Morgan fingerprint density at radius 2 is 1.60 bits per heavy atom. The SMILES string of the molecule is CC1(C)OB(/C=C/C2COC2)OC1(C)C. The summed E-state index contributed by atoms with van der Waals surface area (Å²) in [5, 5.41) is 0. The minimum absolute atomic E-state index is 0.212. The van der Waals surface area contributed by atoms with Gasteiger partial charge in [-0.2, -0.15) is 0 Å². The Morgan fingerprint density at radius 3 is 2.00 bits per heavy atom. The van der Waals surface area contributed by atoms with Crippen molar-refractivity contribution < 1.29 is 14.0 Å². The molecule has 15 heavy (non-hydrogen) atoms. The normalized spacial score (nSPS) is 29.7. The summed E-state index contributed by atoms with van der Waals surface area (Å²) in [6.45, 7) is 9.91. The lowest BCUT2D eigenvalue weighted by Crippen LogP contribution is -2.41. The van der Waals surface area contributed by atoms with E-state index in [1.54, 1.807) is 0 Å². The molecule has 2 aliphatic rings. The van der Waals surface area contributed by atoms with Gasteiger partial charge in [0.05, 0.1) is 24.4 Å². The van der Waals surface area contributed by atoms with Crippen LogP contribution in [0.1, 0.15) is 27.7 Å². The van der Waals surface area contributed by atoms with Crippen LogP contribution in [0.2, 0.25) is 0 Å². The molecule has 2 aliphatic heterocycles. The second-order valence-corrected chi connectivity index (χ2v) is 5.31. The lowest BCUT2D eigenvalue weighted by Gasteiger charge is -2.32. The molecule has 0 aromatic heterocycles. The van der Waals surface area contributed by atoms with Gasteiger partial charge < -0.3 is 14.0 Å². The zero-order chi connectivity index (χ0) is 11.1. The summed E-state index contributed by atoms with van der Waals surface area (Å²) in [5.41, 5.74) is -0.476. The summed E-state index contributed by atoms with van der Waals surface area (Å²) < 4.78 is 16.8. The van der Waals surface area contributed by atoms with Crippen molar-refractivity contribution in [1.82, 2.24) is 0 Å². The molecule has 0 aliphatic carbocycles. The van der Waals surface area contributed by atoms with Gasteiger partial charge in [-0.25, -0.2) is 0 Å². The van der Waals surface area contributed by atoms with E-state index in [9.17, 15) is 0 Å². The maximum Gasteiger partial charge on any atom is 0.486 e. The molecule has 0 N–H and O–H groups in total. The van der Waals surface area contributed by atoms with Crippen LogP contribution in [-0.2, 0) is 14.0 Å². The van der Waals surface area contributed by atoms with Crippen molar-refractivity contribution in [2.24, 2.45) is 5.92 Å². The van der Waals surface area contributed by atoms with E-state index in [1.807, 2.05) is 5.98 Å². The first-order chi connectivity index (χ1) is 6.91. The lowest BCUT2D eigenvalue weighted by atomic mass is 9.87. The van der Waals surface area contributed by atoms with Gasteiger partial charge in [0.25, 0.3) is 0 Å². The van der Waals surface area contributed by atoms with Crippen LogP contribution in [0, 0.1) is 5.92 Å². The molecule has 0 radical (unpaired) electrons. The largest absolute Gasteiger partial charge is 0.486 e. The van der Waals surface area contributed by atoms with Crippen molar-refractivity contribution >= 4 is 7.12 Å². The Morgan fingerprint density at radius 1 is 1.07 bits per heavy atom. The predicted octanol–water partition coefficient (Wildman–Crippen LogP) is 1.82. The fourth-order valence-corrected chi connectivity index (χ4v) is 1.58. The van der Waals surface area contributed by atoms with Gasteiger partial charge in [-0.15, -0.1) is 0 Å². The van der Waals surface area contributed by atoms with Gasteiger partial charge in [0, 0.05) is 5.92 Å². The zero-order valence-corrected chi connectivity index (χ0v) is 9.95. The van der Waals surface area contributed by atoms with Crippen molar-refractivity contribution in [3.05, 3.63) is 12.1 Å².